The van der Waals surface area contributed by atoms with Crippen LogP contribution in [0.2, 0.25) is 0 Å². The zero-order valence-electron chi connectivity index (χ0n) is 11.8. The second-order valence-corrected chi connectivity index (χ2v) is 7.60. The molecule has 24 heavy (non-hydrogen) atoms. The lowest BCUT2D eigenvalue weighted by molar-refractivity contribution is -0.166. The van der Waals surface area contributed by atoms with E-state index in [-0.39, 0.29) is 17.0 Å². The molecule has 1 aliphatic rings. The van der Waals surface area contributed by atoms with E-state index in [1.54, 1.807) is 0 Å². The first-order valence-electron chi connectivity index (χ1n) is 6.50. The molecule has 1 saturated heterocycles. The van der Waals surface area contributed by atoms with Crippen LogP contribution >= 0.6 is 6.72 Å². The molecule has 0 spiro atoms. The smallest absolute Gasteiger partial charge is 0.324 e. The van der Waals surface area contributed by atoms with Crippen LogP contribution in [0.1, 0.15) is 6.23 Å². The summed E-state index contributed by atoms with van der Waals surface area (Å²) in [7, 11) is 0. The molecule has 0 unspecified atom stereocenters. The van der Waals surface area contributed by atoms with E-state index in [0.29, 0.717) is 0 Å². The van der Waals surface area contributed by atoms with Crippen molar-refractivity contribution in [2.24, 2.45) is 0 Å². The molecule has 2 aromatic rings. The Morgan fingerprint density at radius 2 is 2.17 bits per heavy atom. The van der Waals surface area contributed by atoms with Gasteiger partial charge in [-0.3, -0.25) is 9.09 Å². The minimum absolute atomic E-state index is 0.0638. The first kappa shape index (κ1) is 17.5. The highest BCUT2D eigenvalue weighted by atomic mass is 32.5. The van der Waals surface area contributed by atoms with Gasteiger partial charge in [-0.2, -0.15) is 0 Å². The van der Waals surface area contributed by atoms with Gasteiger partial charge in [-0.15, -0.1) is 0 Å². The van der Waals surface area contributed by atoms with Crippen molar-refractivity contribution in [1.82, 2.24) is 19.5 Å². The largest absolute Gasteiger partial charge is 0.393 e. The van der Waals surface area contributed by atoms with E-state index in [2.05, 4.69) is 31.3 Å². The molecule has 1 aliphatic heterocycles. The van der Waals surface area contributed by atoms with Gasteiger partial charge < -0.3 is 30.5 Å². The SMILES string of the molecule is Nc1ncnc2c1ncn2[C@@H]1O[C@H](CO)[C@@](F)(OP(O)(O)=S)[C@H]1O. The van der Waals surface area contributed by atoms with Gasteiger partial charge >= 0.3 is 6.72 Å². The number of aliphatic hydroxyl groups is 2. The molecule has 0 aliphatic carbocycles. The lowest BCUT2D eigenvalue weighted by Gasteiger charge is -2.28. The maximum Gasteiger partial charge on any atom is 0.324 e. The van der Waals surface area contributed by atoms with Crippen molar-refractivity contribution in [3.63, 3.8) is 0 Å². The number of nitrogens with zero attached hydrogens (tertiary/aromatic N) is 4. The van der Waals surface area contributed by atoms with Gasteiger partial charge in [-0.1, -0.05) is 0 Å². The molecule has 2 aromatic heterocycles. The summed E-state index contributed by atoms with van der Waals surface area (Å²) < 4.78 is 25.8. The van der Waals surface area contributed by atoms with Crippen molar-refractivity contribution in [3.8, 4) is 0 Å². The maximum atomic E-state index is 15.0. The van der Waals surface area contributed by atoms with Crippen LogP contribution in [0.3, 0.4) is 0 Å². The van der Waals surface area contributed by atoms with E-state index in [1.165, 1.54) is 6.33 Å². The molecule has 132 valence electrons. The highest BCUT2D eigenvalue weighted by molar-refractivity contribution is 8.06. The number of nitrogens with two attached hydrogens (primary N) is 1. The number of aliphatic hydroxyl groups excluding tert-OH is 2. The monoisotopic (exact) mass is 381 g/mol. The Morgan fingerprint density at radius 1 is 1.46 bits per heavy atom. The molecule has 0 bridgehead atoms. The van der Waals surface area contributed by atoms with Crippen LogP contribution < -0.4 is 5.73 Å². The molecule has 0 amide bonds. The lowest BCUT2D eigenvalue weighted by atomic mass is 10.1. The van der Waals surface area contributed by atoms with Crippen molar-refractivity contribution in [1.29, 1.82) is 0 Å². The van der Waals surface area contributed by atoms with Gasteiger partial charge in [-0.05, 0) is 11.8 Å². The van der Waals surface area contributed by atoms with Crippen LogP contribution in [0.15, 0.2) is 12.7 Å². The first-order valence-corrected chi connectivity index (χ1v) is 9.12. The average Bonchev–Trinajstić information content (AvgIpc) is 2.99. The zero-order valence-corrected chi connectivity index (χ0v) is 13.5. The van der Waals surface area contributed by atoms with E-state index in [4.69, 9.17) is 10.5 Å². The number of halogens is 1. The van der Waals surface area contributed by atoms with Gasteiger partial charge in [0.05, 0.1) is 12.9 Å². The standard InChI is InChI=1S/C10H13FN5O6PS/c11-10(22-23(19,20)24)4(1-17)21-9(6(10)18)16-3-15-5-7(12)13-2-14-8(5)16/h2-4,6,9,17-18H,1H2,(H2,12,13,14)(H2,19,20,24)/t4-,6+,9-,10-/m1/s1. The molecule has 3 heterocycles. The first-order chi connectivity index (χ1) is 11.2. The van der Waals surface area contributed by atoms with Crippen LogP contribution in [0, 0.1) is 0 Å². The average molecular weight is 381 g/mol. The van der Waals surface area contributed by atoms with E-state index in [9.17, 15) is 24.4 Å². The second-order valence-electron chi connectivity index (χ2n) is 5.01. The van der Waals surface area contributed by atoms with E-state index in [0.717, 1.165) is 10.9 Å². The Balaban J connectivity index is 2.03. The number of hydrogen-bond donors (Lipinski definition) is 5. The van der Waals surface area contributed by atoms with Crippen LogP contribution in [0.25, 0.3) is 11.2 Å². The van der Waals surface area contributed by atoms with Gasteiger partial charge in [0.25, 0.3) is 5.85 Å². The quantitative estimate of drug-likeness (QED) is 0.393. The van der Waals surface area contributed by atoms with E-state index < -0.39 is 37.6 Å². The number of hydrogen-bond acceptors (Lipinski definition) is 9. The highest BCUT2D eigenvalue weighted by Gasteiger charge is 2.61. The van der Waals surface area contributed by atoms with Crippen LogP contribution in [-0.4, -0.2) is 64.2 Å². The van der Waals surface area contributed by atoms with Crippen LogP contribution in [0.5, 0.6) is 0 Å². The highest BCUT2D eigenvalue weighted by Crippen LogP contribution is 2.51. The Kier molecular flexibility index (Phi) is 4.30. The summed E-state index contributed by atoms with van der Waals surface area (Å²) in [5.41, 5.74) is 5.98. The Hall–Kier alpha value is -1.31. The predicted octanol–water partition coefficient (Wildman–Crippen LogP) is -1.45. The van der Waals surface area contributed by atoms with Crippen LogP contribution in [-0.2, 0) is 21.1 Å². The Bertz CT molecular complexity index is 818. The zero-order chi connectivity index (χ0) is 17.7. The van der Waals surface area contributed by atoms with Crippen molar-refractivity contribution < 1.29 is 33.7 Å². The van der Waals surface area contributed by atoms with Crippen molar-refractivity contribution >= 4 is 35.5 Å². The van der Waals surface area contributed by atoms with Gasteiger partial charge in [-0.25, -0.2) is 19.3 Å². The molecule has 0 saturated carbocycles. The summed E-state index contributed by atoms with van der Waals surface area (Å²) in [5.74, 6) is -3.08. The molecular formula is C10H13FN5O6PS. The second kappa shape index (κ2) is 5.89. The summed E-state index contributed by atoms with van der Waals surface area (Å²) in [6, 6.07) is 0. The number of nitrogen functional groups attached to an aromatic ring is 1. The topological polar surface area (TPSA) is 169 Å². The molecule has 0 radical (unpaired) electrons. The predicted molar refractivity (Wildman–Crippen MR) is 80.4 cm³/mol. The fraction of sp³-hybridized carbons (Fsp3) is 0.500. The molecule has 11 nitrogen and oxygen atoms in total. The fourth-order valence-corrected chi connectivity index (χ4v) is 3.39. The lowest BCUT2D eigenvalue weighted by Crippen LogP contribution is -2.46. The Morgan fingerprint density at radius 3 is 2.79 bits per heavy atom. The van der Waals surface area contributed by atoms with Crippen LogP contribution in [0.4, 0.5) is 10.2 Å². The molecule has 4 atom stereocenters. The molecule has 14 heteroatoms. The summed E-state index contributed by atoms with van der Waals surface area (Å²) >= 11 is 4.24. The third kappa shape index (κ3) is 2.78. The minimum Gasteiger partial charge on any atom is -0.393 e. The molecular weight excluding hydrogens is 368 g/mol. The van der Waals surface area contributed by atoms with Gasteiger partial charge in [0.2, 0.25) is 0 Å². The number of alkyl halides is 1. The summed E-state index contributed by atoms with van der Waals surface area (Å²) in [5, 5.41) is 19.5. The fourth-order valence-electron chi connectivity index (χ4n) is 2.46. The maximum absolute atomic E-state index is 15.0. The van der Waals surface area contributed by atoms with Gasteiger partial charge in [0, 0.05) is 0 Å². The molecule has 6 N–H and O–H groups in total. The third-order valence-corrected chi connectivity index (χ3v) is 4.24. The third-order valence-electron chi connectivity index (χ3n) is 3.50. The normalized spacial score (nSPS) is 31.0. The number of anilines is 1. The van der Waals surface area contributed by atoms with Crippen molar-refractivity contribution in [3.05, 3.63) is 12.7 Å². The minimum atomic E-state index is -4.49. The van der Waals surface area contributed by atoms with Crippen molar-refractivity contribution in [2.45, 2.75) is 24.3 Å². The number of rotatable bonds is 4. The summed E-state index contributed by atoms with van der Waals surface area (Å²) in [6.45, 7) is -5.40. The van der Waals surface area contributed by atoms with E-state index >= 15 is 0 Å². The number of ether oxygens (including phenoxy) is 1. The number of aromatic nitrogens is 4. The molecule has 0 aromatic carbocycles. The molecule has 3 rings (SSSR count). The van der Waals surface area contributed by atoms with Gasteiger partial charge in [0.15, 0.2) is 23.8 Å². The molecule has 1 fully saturated rings. The van der Waals surface area contributed by atoms with E-state index in [1.807, 2.05) is 0 Å². The van der Waals surface area contributed by atoms with Crippen molar-refractivity contribution in [2.75, 3.05) is 12.3 Å². The summed E-state index contributed by atoms with van der Waals surface area (Å²) in [4.78, 5) is 30.1. The Labute approximate surface area is 138 Å². The summed E-state index contributed by atoms with van der Waals surface area (Å²) in [6.07, 6.45) is -2.91. The number of imidazole rings is 1. The van der Waals surface area contributed by atoms with Gasteiger partial charge in [0.1, 0.15) is 17.9 Å². The number of fused-ring (bicyclic) bond motifs is 1.